The van der Waals surface area contributed by atoms with Gasteiger partial charge in [0.1, 0.15) is 5.82 Å². The fraction of sp³-hybridized carbons (Fsp3) is 0.292. The van der Waals surface area contributed by atoms with Crippen molar-refractivity contribution in [2.75, 3.05) is 10.6 Å². The maximum absolute atomic E-state index is 14.1. The third-order valence-corrected chi connectivity index (χ3v) is 7.17. The van der Waals surface area contributed by atoms with Gasteiger partial charge in [-0.05, 0) is 55.7 Å². The zero-order chi connectivity index (χ0) is 24.0. The fourth-order valence-corrected chi connectivity index (χ4v) is 4.90. The second-order valence-corrected chi connectivity index (χ2v) is 9.83. The number of amides is 2. The molecule has 0 aromatic heterocycles. The van der Waals surface area contributed by atoms with Crippen LogP contribution in [0.1, 0.15) is 26.2 Å². The van der Waals surface area contributed by atoms with Crippen molar-refractivity contribution in [2.24, 2.45) is 11.8 Å². The van der Waals surface area contributed by atoms with Crippen LogP contribution < -0.4 is 10.6 Å². The third-order valence-electron chi connectivity index (χ3n) is 5.32. The first-order valence-corrected chi connectivity index (χ1v) is 12.2. The first kappa shape index (κ1) is 25.0. The number of carboxylic acid groups (broad SMARTS) is 1. The van der Waals surface area contributed by atoms with E-state index in [1.54, 1.807) is 30.3 Å². The highest BCUT2D eigenvalue weighted by Gasteiger charge is 2.34. The van der Waals surface area contributed by atoms with E-state index in [9.17, 15) is 23.9 Å². The number of aliphatic carboxylic acids is 1. The van der Waals surface area contributed by atoms with E-state index in [-0.39, 0.29) is 17.5 Å². The fourth-order valence-electron chi connectivity index (χ4n) is 3.55. The monoisotopic (exact) mass is 534 g/mol. The molecule has 1 aliphatic rings. The summed E-state index contributed by atoms with van der Waals surface area (Å²) in [6, 6.07) is 11.5. The van der Waals surface area contributed by atoms with E-state index in [4.69, 9.17) is 0 Å². The predicted molar refractivity (Wildman–Crippen MR) is 131 cm³/mol. The molecule has 0 saturated heterocycles. The van der Waals surface area contributed by atoms with Gasteiger partial charge in [-0.3, -0.25) is 14.4 Å². The van der Waals surface area contributed by atoms with Gasteiger partial charge in [0.25, 0.3) is 0 Å². The Bertz CT molecular complexity index is 1080. The van der Waals surface area contributed by atoms with Gasteiger partial charge in [-0.1, -0.05) is 41.1 Å². The smallest absolute Gasteiger partial charge is 0.307 e. The van der Waals surface area contributed by atoms with Crippen LogP contribution in [0.4, 0.5) is 15.8 Å². The number of allylic oxidation sites excluding steroid dienone is 2. The zero-order valence-electron chi connectivity index (χ0n) is 17.9. The minimum Gasteiger partial charge on any atom is -0.481 e. The molecule has 0 fully saturated rings. The number of hydrogen-bond donors (Lipinski definition) is 3. The molecule has 3 atom stereocenters. The molecule has 2 amide bonds. The van der Waals surface area contributed by atoms with E-state index in [1.807, 2.05) is 19.1 Å². The van der Waals surface area contributed by atoms with Crippen molar-refractivity contribution in [1.82, 2.24) is 0 Å². The lowest BCUT2D eigenvalue weighted by molar-refractivity contribution is -0.146. The van der Waals surface area contributed by atoms with E-state index in [2.05, 4.69) is 26.6 Å². The Morgan fingerprint density at radius 2 is 1.85 bits per heavy atom. The summed E-state index contributed by atoms with van der Waals surface area (Å²) < 4.78 is 14.7. The van der Waals surface area contributed by atoms with Crippen LogP contribution in [-0.2, 0) is 14.4 Å². The summed E-state index contributed by atoms with van der Waals surface area (Å²) >= 11 is 4.50. The van der Waals surface area contributed by atoms with Crippen molar-refractivity contribution in [3.63, 3.8) is 0 Å². The number of carbonyl (C=O) groups excluding carboxylic acids is 2. The van der Waals surface area contributed by atoms with Crippen molar-refractivity contribution >= 4 is 56.9 Å². The average molecular weight is 535 g/mol. The highest BCUT2D eigenvalue weighted by atomic mass is 79.9. The summed E-state index contributed by atoms with van der Waals surface area (Å²) in [7, 11) is 0. The molecule has 33 heavy (non-hydrogen) atoms. The molecule has 3 unspecified atom stereocenters. The van der Waals surface area contributed by atoms with E-state index >= 15 is 0 Å². The van der Waals surface area contributed by atoms with Gasteiger partial charge in [0.15, 0.2) is 0 Å². The van der Waals surface area contributed by atoms with Gasteiger partial charge >= 0.3 is 5.97 Å². The predicted octanol–water partition coefficient (Wildman–Crippen LogP) is 5.70. The molecule has 0 saturated carbocycles. The number of rotatable bonds is 8. The maximum atomic E-state index is 14.1. The summed E-state index contributed by atoms with van der Waals surface area (Å²) in [5.74, 6) is -3.57. The van der Waals surface area contributed by atoms with Gasteiger partial charge in [0, 0.05) is 15.1 Å². The van der Waals surface area contributed by atoms with Gasteiger partial charge < -0.3 is 15.7 Å². The summed E-state index contributed by atoms with van der Waals surface area (Å²) in [5, 5.41) is 14.4. The number of halogens is 2. The number of benzene rings is 2. The van der Waals surface area contributed by atoms with Gasteiger partial charge in [-0.25, -0.2) is 4.39 Å². The summed E-state index contributed by atoms with van der Waals surface area (Å²) in [4.78, 5) is 37.7. The number of thioether (sulfide) groups is 1. The van der Waals surface area contributed by atoms with Crippen molar-refractivity contribution in [3.05, 3.63) is 64.9 Å². The van der Waals surface area contributed by atoms with Crippen LogP contribution in [0.25, 0.3) is 0 Å². The minimum atomic E-state index is -0.984. The Balaban J connectivity index is 1.66. The van der Waals surface area contributed by atoms with Crippen LogP contribution in [0, 0.1) is 17.7 Å². The molecular weight excluding hydrogens is 511 g/mol. The SMILES string of the molecule is CCC(Sc1cccc(NC(=O)C2CC=CCC2C(=O)O)c1)C(=O)Nc1ccc(Br)cc1F. The Kier molecular flexibility index (Phi) is 8.68. The van der Waals surface area contributed by atoms with E-state index in [1.165, 1.54) is 23.9 Å². The highest BCUT2D eigenvalue weighted by Crippen LogP contribution is 2.31. The second-order valence-electron chi connectivity index (χ2n) is 7.64. The topological polar surface area (TPSA) is 95.5 Å². The maximum Gasteiger partial charge on any atom is 0.307 e. The molecule has 0 aliphatic heterocycles. The van der Waals surface area contributed by atoms with Gasteiger partial charge in [0.05, 0.1) is 22.8 Å². The Morgan fingerprint density at radius 3 is 2.52 bits per heavy atom. The van der Waals surface area contributed by atoms with Gasteiger partial charge in [-0.15, -0.1) is 11.8 Å². The van der Waals surface area contributed by atoms with E-state index in [0.717, 1.165) is 4.90 Å². The molecular formula is C24H24BrFN2O4S. The van der Waals surface area contributed by atoms with Crippen LogP contribution in [-0.4, -0.2) is 28.1 Å². The summed E-state index contributed by atoms with van der Waals surface area (Å²) in [5.41, 5.74) is 0.635. The molecule has 2 aromatic carbocycles. The minimum absolute atomic E-state index is 0.109. The lowest BCUT2D eigenvalue weighted by Gasteiger charge is -2.24. The summed E-state index contributed by atoms with van der Waals surface area (Å²) in [6.07, 6.45) is 4.84. The quantitative estimate of drug-likeness (QED) is 0.298. The highest BCUT2D eigenvalue weighted by molar-refractivity contribution is 9.10. The molecule has 6 nitrogen and oxygen atoms in total. The van der Waals surface area contributed by atoms with Crippen LogP contribution in [0.15, 0.2) is 64.0 Å². The van der Waals surface area contributed by atoms with Crippen LogP contribution in [0.5, 0.6) is 0 Å². The molecule has 0 heterocycles. The molecule has 0 radical (unpaired) electrons. The molecule has 0 bridgehead atoms. The molecule has 9 heteroatoms. The largest absolute Gasteiger partial charge is 0.481 e. The molecule has 3 rings (SSSR count). The van der Waals surface area contributed by atoms with Crippen LogP contribution >= 0.6 is 27.7 Å². The Morgan fingerprint density at radius 1 is 1.12 bits per heavy atom. The number of hydrogen-bond acceptors (Lipinski definition) is 4. The Hall–Kier alpha value is -2.65. The number of anilines is 2. The van der Waals surface area contributed by atoms with Crippen LogP contribution in [0.2, 0.25) is 0 Å². The first-order chi connectivity index (χ1) is 15.8. The standard InChI is InChI=1S/C24H24BrFN2O4S/c1-2-21(23(30)28-20-11-10-14(25)12-19(20)26)33-16-7-5-6-15(13-16)27-22(29)17-8-3-4-9-18(17)24(31)32/h3-7,10-13,17-18,21H,2,8-9H2,1H3,(H,27,29)(H,28,30)(H,31,32). The Labute approximate surface area is 204 Å². The van der Waals surface area contributed by atoms with Gasteiger partial charge in [0.2, 0.25) is 11.8 Å². The molecule has 3 N–H and O–H groups in total. The molecule has 0 spiro atoms. The average Bonchev–Trinajstić information content (AvgIpc) is 2.79. The van der Waals surface area contributed by atoms with Crippen molar-refractivity contribution < 1.29 is 23.9 Å². The molecule has 174 valence electrons. The van der Waals surface area contributed by atoms with Crippen molar-refractivity contribution in [3.8, 4) is 0 Å². The zero-order valence-corrected chi connectivity index (χ0v) is 20.3. The number of nitrogens with one attached hydrogen (secondary N) is 2. The van der Waals surface area contributed by atoms with Crippen molar-refractivity contribution in [1.29, 1.82) is 0 Å². The first-order valence-electron chi connectivity index (χ1n) is 10.5. The molecule has 2 aromatic rings. The third kappa shape index (κ3) is 6.68. The summed E-state index contributed by atoms with van der Waals surface area (Å²) in [6.45, 7) is 1.86. The van der Waals surface area contributed by atoms with Crippen molar-refractivity contribution in [2.45, 2.75) is 36.3 Å². The molecule has 1 aliphatic carbocycles. The van der Waals surface area contributed by atoms with E-state index in [0.29, 0.717) is 29.4 Å². The van der Waals surface area contributed by atoms with Crippen LogP contribution in [0.3, 0.4) is 0 Å². The number of carboxylic acids is 1. The van der Waals surface area contributed by atoms with Gasteiger partial charge in [-0.2, -0.15) is 0 Å². The number of carbonyl (C=O) groups is 3. The second kappa shape index (κ2) is 11.5. The van der Waals surface area contributed by atoms with E-state index < -0.39 is 28.9 Å². The lowest BCUT2D eigenvalue weighted by Crippen LogP contribution is -2.34. The lowest BCUT2D eigenvalue weighted by atomic mass is 9.82. The normalized spacial score (nSPS) is 18.4.